The number of carbonyl (C=O) groups is 2. The van der Waals surface area contributed by atoms with Crippen molar-refractivity contribution in [2.45, 2.75) is 45.4 Å². The van der Waals surface area contributed by atoms with E-state index in [1.54, 1.807) is 23.1 Å². The molecule has 0 saturated carbocycles. The molecule has 8 heteroatoms. The third-order valence-corrected chi connectivity index (χ3v) is 5.81. The van der Waals surface area contributed by atoms with Crippen LogP contribution in [0.3, 0.4) is 0 Å². The number of nitrogens with one attached hydrogen (secondary N) is 1. The van der Waals surface area contributed by atoms with Crippen molar-refractivity contribution in [3.63, 3.8) is 0 Å². The van der Waals surface area contributed by atoms with Crippen molar-refractivity contribution in [3.05, 3.63) is 69.2 Å². The Morgan fingerprint density at radius 3 is 2.50 bits per heavy atom. The van der Waals surface area contributed by atoms with Crippen molar-refractivity contribution < 1.29 is 19.1 Å². The van der Waals surface area contributed by atoms with Crippen molar-refractivity contribution in [1.82, 2.24) is 10.2 Å². The number of hydrogen-bond donors (Lipinski definition) is 1. The molecule has 1 fully saturated rings. The molecule has 1 N–H and O–H groups in total. The molecule has 1 heterocycles. The lowest BCUT2D eigenvalue weighted by Crippen LogP contribution is -2.48. The van der Waals surface area contributed by atoms with Gasteiger partial charge in [-0.1, -0.05) is 47.5 Å². The molecule has 0 aliphatic carbocycles. The lowest BCUT2D eigenvalue weighted by atomic mass is 10.0. The van der Waals surface area contributed by atoms with E-state index in [1.807, 2.05) is 52.0 Å². The average molecular weight is 479 g/mol. The summed E-state index contributed by atoms with van der Waals surface area (Å²) in [6, 6.07) is 12.0. The minimum atomic E-state index is -0.632. The van der Waals surface area contributed by atoms with E-state index in [4.69, 9.17) is 32.7 Å². The summed E-state index contributed by atoms with van der Waals surface area (Å²) in [5, 5.41) is 3.88. The maximum absolute atomic E-state index is 13.1. The van der Waals surface area contributed by atoms with Gasteiger partial charge in [0.2, 0.25) is 0 Å². The summed E-state index contributed by atoms with van der Waals surface area (Å²) in [6.45, 7) is 8.16. The zero-order chi connectivity index (χ0) is 23.5. The van der Waals surface area contributed by atoms with Crippen LogP contribution in [0.25, 0.3) is 0 Å². The molecule has 1 aliphatic heterocycles. The SMILES string of the molecule is Cc1ccccc1C(=O)N[C@@H]1CN(C(=O)OC(C)(C)C)CCO[C@H]1c1ccc(Cl)c(Cl)c1. The summed E-state index contributed by atoms with van der Waals surface area (Å²) >= 11 is 12.3. The van der Waals surface area contributed by atoms with Crippen molar-refractivity contribution in [2.75, 3.05) is 19.7 Å². The van der Waals surface area contributed by atoms with Gasteiger partial charge >= 0.3 is 6.09 Å². The Labute approximate surface area is 198 Å². The van der Waals surface area contributed by atoms with Crippen molar-refractivity contribution in [2.24, 2.45) is 0 Å². The van der Waals surface area contributed by atoms with Gasteiger partial charge in [0.15, 0.2) is 0 Å². The molecule has 0 bridgehead atoms. The number of rotatable bonds is 3. The minimum absolute atomic E-state index is 0.220. The molecular weight excluding hydrogens is 451 g/mol. The second kappa shape index (κ2) is 10.1. The Bertz CT molecular complexity index is 990. The van der Waals surface area contributed by atoms with Crippen LogP contribution in [0.5, 0.6) is 0 Å². The molecule has 0 spiro atoms. The van der Waals surface area contributed by atoms with Crippen LogP contribution >= 0.6 is 23.2 Å². The molecule has 32 heavy (non-hydrogen) atoms. The standard InChI is InChI=1S/C24H28Cl2N2O4/c1-15-7-5-6-8-17(15)22(29)27-20-14-28(23(30)32-24(2,3)4)11-12-31-21(20)16-9-10-18(25)19(26)13-16/h5-10,13,20-21H,11-12,14H2,1-4H3,(H,27,29)/t20-,21+/m1/s1. The highest BCUT2D eigenvalue weighted by molar-refractivity contribution is 6.42. The van der Waals surface area contributed by atoms with E-state index in [1.165, 1.54) is 0 Å². The monoisotopic (exact) mass is 478 g/mol. The molecular formula is C24H28Cl2N2O4. The smallest absolute Gasteiger partial charge is 0.410 e. The van der Waals surface area contributed by atoms with Gasteiger partial charge in [-0.15, -0.1) is 0 Å². The quantitative estimate of drug-likeness (QED) is 0.640. The number of halogens is 2. The fraction of sp³-hybridized carbons (Fsp3) is 0.417. The average Bonchev–Trinajstić information content (AvgIpc) is 2.92. The first kappa shape index (κ1) is 24.4. The summed E-state index contributed by atoms with van der Waals surface area (Å²) in [5.74, 6) is -0.243. The Morgan fingerprint density at radius 1 is 1.12 bits per heavy atom. The van der Waals surface area contributed by atoms with E-state index in [0.29, 0.717) is 22.2 Å². The molecule has 172 valence electrons. The van der Waals surface area contributed by atoms with E-state index in [-0.39, 0.29) is 19.1 Å². The number of carbonyl (C=O) groups excluding carboxylic acids is 2. The Kier molecular flexibility index (Phi) is 7.70. The Hall–Kier alpha value is -2.28. The third kappa shape index (κ3) is 6.15. The third-order valence-electron chi connectivity index (χ3n) is 5.07. The molecule has 2 amide bonds. The summed E-state index contributed by atoms with van der Waals surface area (Å²) < 4.78 is 11.7. The predicted molar refractivity (Wildman–Crippen MR) is 125 cm³/mol. The lowest BCUT2D eigenvalue weighted by molar-refractivity contribution is 0.0231. The number of hydrogen-bond acceptors (Lipinski definition) is 4. The van der Waals surface area contributed by atoms with Crippen LogP contribution in [0.4, 0.5) is 4.79 Å². The number of amides is 2. The van der Waals surface area contributed by atoms with Gasteiger partial charge in [0, 0.05) is 18.7 Å². The van der Waals surface area contributed by atoms with Crippen LogP contribution in [0, 0.1) is 6.92 Å². The van der Waals surface area contributed by atoms with Gasteiger partial charge in [-0.05, 0) is 57.0 Å². The maximum atomic E-state index is 13.1. The molecule has 2 aromatic carbocycles. The van der Waals surface area contributed by atoms with Crippen LogP contribution in [-0.2, 0) is 9.47 Å². The van der Waals surface area contributed by atoms with Crippen molar-refractivity contribution in [3.8, 4) is 0 Å². The van der Waals surface area contributed by atoms with Gasteiger partial charge in [0.1, 0.15) is 11.7 Å². The summed E-state index contributed by atoms with van der Waals surface area (Å²) in [4.78, 5) is 27.4. The molecule has 0 radical (unpaired) electrons. The van der Waals surface area contributed by atoms with Crippen LogP contribution in [-0.4, -0.2) is 48.2 Å². The zero-order valence-electron chi connectivity index (χ0n) is 18.7. The largest absolute Gasteiger partial charge is 0.444 e. The van der Waals surface area contributed by atoms with Crippen LogP contribution in [0.15, 0.2) is 42.5 Å². The summed E-state index contributed by atoms with van der Waals surface area (Å²) in [7, 11) is 0. The van der Waals surface area contributed by atoms with E-state index in [0.717, 1.165) is 11.1 Å². The number of aryl methyl sites for hydroxylation is 1. The molecule has 2 atom stereocenters. The molecule has 0 aromatic heterocycles. The predicted octanol–water partition coefficient (Wildman–Crippen LogP) is 5.41. The fourth-order valence-corrected chi connectivity index (χ4v) is 3.84. The summed E-state index contributed by atoms with van der Waals surface area (Å²) in [5.41, 5.74) is 1.55. The fourth-order valence-electron chi connectivity index (χ4n) is 3.54. The highest BCUT2D eigenvalue weighted by Crippen LogP contribution is 2.31. The molecule has 2 aromatic rings. The maximum Gasteiger partial charge on any atom is 0.410 e. The van der Waals surface area contributed by atoms with E-state index in [2.05, 4.69) is 5.32 Å². The highest BCUT2D eigenvalue weighted by atomic mass is 35.5. The minimum Gasteiger partial charge on any atom is -0.444 e. The normalized spacial score (nSPS) is 19.2. The second-order valence-corrected chi connectivity index (χ2v) is 9.60. The lowest BCUT2D eigenvalue weighted by Gasteiger charge is -2.30. The topological polar surface area (TPSA) is 67.9 Å². The van der Waals surface area contributed by atoms with Gasteiger partial charge < -0.3 is 19.7 Å². The van der Waals surface area contributed by atoms with E-state index < -0.39 is 23.8 Å². The van der Waals surface area contributed by atoms with Crippen molar-refractivity contribution in [1.29, 1.82) is 0 Å². The molecule has 3 rings (SSSR count). The van der Waals surface area contributed by atoms with Gasteiger partial charge in [0.05, 0.1) is 22.7 Å². The first-order valence-electron chi connectivity index (χ1n) is 10.5. The molecule has 6 nitrogen and oxygen atoms in total. The number of benzene rings is 2. The van der Waals surface area contributed by atoms with Crippen LogP contribution in [0.1, 0.15) is 48.4 Å². The molecule has 0 unspecified atom stereocenters. The van der Waals surface area contributed by atoms with Gasteiger partial charge in [-0.2, -0.15) is 0 Å². The summed E-state index contributed by atoms with van der Waals surface area (Å²) in [6.07, 6.45) is -0.976. The zero-order valence-corrected chi connectivity index (χ0v) is 20.2. The van der Waals surface area contributed by atoms with E-state index >= 15 is 0 Å². The van der Waals surface area contributed by atoms with Gasteiger partial charge in [-0.3, -0.25) is 4.79 Å². The molecule has 1 saturated heterocycles. The van der Waals surface area contributed by atoms with Gasteiger partial charge in [-0.25, -0.2) is 4.79 Å². The van der Waals surface area contributed by atoms with E-state index in [9.17, 15) is 9.59 Å². The highest BCUT2D eigenvalue weighted by Gasteiger charge is 2.34. The van der Waals surface area contributed by atoms with Crippen LogP contribution in [0.2, 0.25) is 10.0 Å². The first-order valence-corrected chi connectivity index (χ1v) is 11.2. The Morgan fingerprint density at radius 2 is 1.84 bits per heavy atom. The molecule has 1 aliphatic rings. The number of ether oxygens (including phenoxy) is 2. The second-order valence-electron chi connectivity index (χ2n) is 8.79. The van der Waals surface area contributed by atoms with Crippen LogP contribution < -0.4 is 5.32 Å². The Balaban J connectivity index is 1.91. The first-order chi connectivity index (χ1) is 15.0. The van der Waals surface area contributed by atoms with Crippen molar-refractivity contribution >= 4 is 35.2 Å². The number of nitrogens with zero attached hydrogens (tertiary/aromatic N) is 1. The van der Waals surface area contributed by atoms with Gasteiger partial charge in [0.25, 0.3) is 5.91 Å².